The van der Waals surface area contributed by atoms with Crippen molar-refractivity contribution in [3.63, 3.8) is 0 Å². The number of thiophene rings is 1. The molecule has 1 aromatic rings. The van der Waals surface area contributed by atoms with Gasteiger partial charge in [-0.1, -0.05) is 0 Å². The van der Waals surface area contributed by atoms with E-state index in [0.29, 0.717) is 12.1 Å². The topological polar surface area (TPSA) is 55.4 Å². The van der Waals surface area contributed by atoms with Crippen LogP contribution in [0.25, 0.3) is 0 Å². The number of nitrogens with one attached hydrogen (secondary N) is 1. The highest BCUT2D eigenvalue weighted by Crippen LogP contribution is 2.05. The average molecular weight is 241 g/mol. The van der Waals surface area contributed by atoms with E-state index in [1.807, 2.05) is 5.38 Å². The Hall–Kier alpha value is -1.36. The lowest BCUT2D eigenvalue weighted by Gasteiger charge is -2.08. The van der Waals surface area contributed by atoms with E-state index in [2.05, 4.69) is 5.32 Å². The van der Waals surface area contributed by atoms with Gasteiger partial charge in [0, 0.05) is 17.5 Å². The molecule has 4 nitrogen and oxygen atoms in total. The van der Waals surface area contributed by atoms with Crippen LogP contribution in [0.5, 0.6) is 0 Å². The number of esters is 1. The number of amides is 1. The summed E-state index contributed by atoms with van der Waals surface area (Å²) >= 11 is 1.46. The SMILES string of the molecule is CC(C)OC(=O)CCNC(=O)c1ccsc1. The third-order valence-electron chi connectivity index (χ3n) is 1.77. The summed E-state index contributed by atoms with van der Waals surface area (Å²) in [7, 11) is 0. The molecular formula is C11H15NO3S. The van der Waals surface area contributed by atoms with Crippen LogP contribution in [0.1, 0.15) is 30.6 Å². The first kappa shape index (κ1) is 12.7. The Kier molecular flexibility index (Phi) is 4.98. The summed E-state index contributed by atoms with van der Waals surface area (Å²) in [5, 5.41) is 6.26. The third-order valence-corrected chi connectivity index (χ3v) is 2.45. The first-order valence-electron chi connectivity index (χ1n) is 5.09. The number of hydrogen-bond donors (Lipinski definition) is 1. The molecule has 0 aromatic carbocycles. The fourth-order valence-electron chi connectivity index (χ4n) is 1.10. The molecule has 1 rings (SSSR count). The Morgan fingerprint density at radius 3 is 2.81 bits per heavy atom. The smallest absolute Gasteiger partial charge is 0.307 e. The molecular weight excluding hydrogens is 226 g/mol. The molecule has 0 aliphatic carbocycles. The van der Waals surface area contributed by atoms with Crippen molar-refractivity contribution in [1.82, 2.24) is 5.32 Å². The van der Waals surface area contributed by atoms with Crippen LogP contribution < -0.4 is 5.32 Å². The largest absolute Gasteiger partial charge is 0.463 e. The molecule has 1 heterocycles. The quantitative estimate of drug-likeness (QED) is 0.800. The average Bonchev–Trinajstić information content (AvgIpc) is 2.68. The van der Waals surface area contributed by atoms with Gasteiger partial charge in [-0.25, -0.2) is 0 Å². The second-order valence-electron chi connectivity index (χ2n) is 3.56. The lowest BCUT2D eigenvalue weighted by atomic mass is 10.3. The Morgan fingerprint density at radius 2 is 2.25 bits per heavy atom. The van der Waals surface area contributed by atoms with Crippen molar-refractivity contribution in [2.45, 2.75) is 26.4 Å². The molecule has 0 fully saturated rings. The van der Waals surface area contributed by atoms with E-state index in [9.17, 15) is 9.59 Å². The minimum atomic E-state index is -0.291. The fraction of sp³-hybridized carbons (Fsp3) is 0.455. The van der Waals surface area contributed by atoms with E-state index in [4.69, 9.17) is 4.74 Å². The normalized spacial score (nSPS) is 10.2. The molecule has 0 saturated carbocycles. The Labute approximate surface area is 98.6 Å². The molecule has 0 saturated heterocycles. The molecule has 0 aliphatic heterocycles. The van der Waals surface area contributed by atoms with E-state index >= 15 is 0 Å². The number of carbonyl (C=O) groups is 2. The van der Waals surface area contributed by atoms with Gasteiger partial charge in [-0.3, -0.25) is 9.59 Å². The van der Waals surface area contributed by atoms with E-state index in [1.165, 1.54) is 11.3 Å². The minimum Gasteiger partial charge on any atom is -0.463 e. The highest BCUT2D eigenvalue weighted by Gasteiger charge is 2.08. The molecule has 5 heteroatoms. The second kappa shape index (κ2) is 6.27. The zero-order valence-corrected chi connectivity index (χ0v) is 10.2. The Balaban J connectivity index is 2.21. The lowest BCUT2D eigenvalue weighted by Crippen LogP contribution is -2.26. The molecule has 1 N–H and O–H groups in total. The molecule has 16 heavy (non-hydrogen) atoms. The maximum atomic E-state index is 11.5. The number of carbonyl (C=O) groups excluding carboxylic acids is 2. The van der Waals surface area contributed by atoms with Gasteiger partial charge in [0.05, 0.1) is 12.5 Å². The van der Waals surface area contributed by atoms with Crippen molar-refractivity contribution in [2.24, 2.45) is 0 Å². The monoisotopic (exact) mass is 241 g/mol. The number of ether oxygens (including phenoxy) is 1. The first-order chi connectivity index (χ1) is 7.59. The summed E-state index contributed by atoms with van der Waals surface area (Å²) in [5.74, 6) is -0.445. The van der Waals surface area contributed by atoms with Crippen LogP contribution in [0.2, 0.25) is 0 Å². The predicted molar refractivity (Wildman–Crippen MR) is 62.5 cm³/mol. The summed E-state index contributed by atoms with van der Waals surface area (Å²) in [6, 6.07) is 1.74. The maximum absolute atomic E-state index is 11.5. The third kappa shape index (κ3) is 4.44. The van der Waals surface area contributed by atoms with Gasteiger partial charge in [-0.05, 0) is 25.3 Å². The van der Waals surface area contributed by atoms with Crippen molar-refractivity contribution in [2.75, 3.05) is 6.54 Å². The predicted octanol–water partition coefficient (Wildman–Crippen LogP) is 1.82. The standard InChI is InChI=1S/C11H15NO3S/c1-8(2)15-10(13)3-5-12-11(14)9-4-6-16-7-9/h4,6-8H,3,5H2,1-2H3,(H,12,14). The van der Waals surface area contributed by atoms with Crippen LogP contribution in [0.3, 0.4) is 0 Å². The van der Waals surface area contributed by atoms with Gasteiger partial charge >= 0.3 is 5.97 Å². The van der Waals surface area contributed by atoms with Crippen molar-refractivity contribution < 1.29 is 14.3 Å². The zero-order chi connectivity index (χ0) is 12.0. The molecule has 0 bridgehead atoms. The molecule has 0 unspecified atom stereocenters. The summed E-state index contributed by atoms with van der Waals surface area (Å²) in [5.41, 5.74) is 0.627. The van der Waals surface area contributed by atoms with Gasteiger partial charge in [-0.15, -0.1) is 0 Å². The molecule has 1 amide bonds. The Morgan fingerprint density at radius 1 is 1.50 bits per heavy atom. The van der Waals surface area contributed by atoms with Crippen LogP contribution >= 0.6 is 11.3 Å². The maximum Gasteiger partial charge on any atom is 0.307 e. The van der Waals surface area contributed by atoms with Crippen LogP contribution in [0.4, 0.5) is 0 Å². The van der Waals surface area contributed by atoms with Crippen LogP contribution in [0.15, 0.2) is 16.8 Å². The highest BCUT2D eigenvalue weighted by atomic mass is 32.1. The molecule has 0 radical (unpaired) electrons. The lowest BCUT2D eigenvalue weighted by molar-refractivity contribution is -0.147. The molecule has 88 valence electrons. The van der Waals surface area contributed by atoms with Gasteiger partial charge in [0.15, 0.2) is 0 Å². The first-order valence-corrected chi connectivity index (χ1v) is 6.03. The summed E-state index contributed by atoms with van der Waals surface area (Å²) in [4.78, 5) is 22.6. The number of rotatable bonds is 5. The van der Waals surface area contributed by atoms with E-state index in [1.54, 1.807) is 25.3 Å². The molecule has 0 atom stereocenters. The molecule has 1 aromatic heterocycles. The van der Waals surface area contributed by atoms with Gasteiger partial charge in [0.25, 0.3) is 5.91 Å². The summed E-state index contributed by atoms with van der Waals surface area (Å²) in [6.07, 6.45) is 0.0914. The minimum absolute atomic E-state index is 0.111. The van der Waals surface area contributed by atoms with E-state index in [-0.39, 0.29) is 24.4 Å². The van der Waals surface area contributed by atoms with Crippen molar-refractivity contribution >= 4 is 23.2 Å². The van der Waals surface area contributed by atoms with Gasteiger partial charge in [-0.2, -0.15) is 11.3 Å². The highest BCUT2D eigenvalue weighted by molar-refractivity contribution is 7.08. The van der Waals surface area contributed by atoms with Crippen LogP contribution in [-0.4, -0.2) is 24.5 Å². The number of hydrogen-bond acceptors (Lipinski definition) is 4. The van der Waals surface area contributed by atoms with Crippen LogP contribution in [0, 0.1) is 0 Å². The molecule has 0 spiro atoms. The van der Waals surface area contributed by atoms with Crippen molar-refractivity contribution in [3.05, 3.63) is 22.4 Å². The molecule has 0 aliphatic rings. The van der Waals surface area contributed by atoms with Crippen LogP contribution in [-0.2, 0) is 9.53 Å². The fourth-order valence-corrected chi connectivity index (χ4v) is 1.73. The van der Waals surface area contributed by atoms with E-state index in [0.717, 1.165) is 0 Å². The van der Waals surface area contributed by atoms with E-state index < -0.39 is 0 Å². The zero-order valence-electron chi connectivity index (χ0n) is 9.36. The van der Waals surface area contributed by atoms with Gasteiger partial charge < -0.3 is 10.1 Å². The Bertz CT molecular complexity index is 346. The summed E-state index contributed by atoms with van der Waals surface area (Å²) < 4.78 is 4.93. The van der Waals surface area contributed by atoms with Gasteiger partial charge in [0.2, 0.25) is 0 Å². The van der Waals surface area contributed by atoms with Crippen molar-refractivity contribution in [3.8, 4) is 0 Å². The summed E-state index contributed by atoms with van der Waals surface area (Å²) in [6.45, 7) is 3.89. The van der Waals surface area contributed by atoms with Crippen molar-refractivity contribution in [1.29, 1.82) is 0 Å². The second-order valence-corrected chi connectivity index (χ2v) is 4.34. The van der Waals surface area contributed by atoms with Gasteiger partial charge in [0.1, 0.15) is 0 Å².